The van der Waals surface area contributed by atoms with Gasteiger partial charge in [-0.2, -0.15) is 10.1 Å². The Hall–Kier alpha value is -1.38. The van der Waals surface area contributed by atoms with E-state index in [0.29, 0.717) is 39.3 Å². The maximum atomic E-state index is 11.9. The summed E-state index contributed by atoms with van der Waals surface area (Å²) in [5.74, 6) is -3.39. The number of aliphatic hydroxyl groups excluding tert-OH is 2. The zero-order chi connectivity index (χ0) is 17.7. The van der Waals surface area contributed by atoms with Crippen molar-refractivity contribution in [3.63, 3.8) is 0 Å². The normalized spacial score (nSPS) is 28.5. The molecule has 3 aliphatic rings. The SMILES string of the molecule is N[C@](ON1CC1)(C(=O)O)[C@@](ON1CC1)([C@H](O)[C@H](O)C(=O)O)N1CC1. The van der Waals surface area contributed by atoms with Gasteiger partial charge in [0.15, 0.2) is 6.10 Å². The third-order valence-corrected chi connectivity index (χ3v) is 4.07. The third-order valence-electron chi connectivity index (χ3n) is 4.07. The van der Waals surface area contributed by atoms with Crippen molar-refractivity contribution >= 4 is 11.9 Å². The van der Waals surface area contributed by atoms with Gasteiger partial charge in [0.05, 0.1) is 0 Å². The highest BCUT2D eigenvalue weighted by atomic mass is 16.8. The average molecular weight is 348 g/mol. The van der Waals surface area contributed by atoms with Crippen molar-refractivity contribution in [2.24, 2.45) is 5.73 Å². The summed E-state index contributed by atoms with van der Waals surface area (Å²) >= 11 is 0. The van der Waals surface area contributed by atoms with Gasteiger partial charge < -0.3 is 20.4 Å². The van der Waals surface area contributed by atoms with Crippen LogP contribution in [0.4, 0.5) is 0 Å². The first kappa shape index (κ1) is 17.4. The van der Waals surface area contributed by atoms with Crippen molar-refractivity contribution in [1.29, 1.82) is 0 Å². The zero-order valence-corrected chi connectivity index (χ0v) is 12.7. The van der Waals surface area contributed by atoms with Gasteiger partial charge in [-0.05, 0) is 0 Å². The molecule has 0 radical (unpaired) electrons. The molecule has 4 atom stereocenters. The highest BCUT2D eigenvalue weighted by molar-refractivity contribution is 5.80. The van der Waals surface area contributed by atoms with Crippen LogP contribution in [-0.2, 0) is 19.3 Å². The smallest absolute Gasteiger partial charge is 0.358 e. The van der Waals surface area contributed by atoms with Gasteiger partial charge in [-0.25, -0.2) is 9.59 Å². The molecular weight excluding hydrogens is 328 g/mol. The molecule has 136 valence electrons. The number of nitrogens with zero attached hydrogens (tertiary/aromatic N) is 3. The van der Waals surface area contributed by atoms with Crippen LogP contribution in [0.5, 0.6) is 0 Å². The fourth-order valence-electron chi connectivity index (χ4n) is 2.47. The highest BCUT2D eigenvalue weighted by Crippen LogP contribution is 2.42. The first-order chi connectivity index (χ1) is 11.2. The zero-order valence-electron chi connectivity index (χ0n) is 12.7. The summed E-state index contributed by atoms with van der Waals surface area (Å²) in [7, 11) is 0. The van der Waals surface area contributed by atoms with Crippen LogP contribution in [0.2, 0.25) is 0 Å². The fourth-order valence-corrected chi connectivity index (χ4v) is 2.47. The number of hydroxylamine groups is 4. The number of hydrogen-bond donors (Lipinski definition) is 5. The van der Waals surface area contributed by atoms with Crippen LogP contribution in [0.15, 0.2) is 0 Å². The lowest BCUT2D eigenvalue weighted by atomic mass is 9.90. The van der Waals surface area contributed by atoms with Gasteiger partial charge in [-0.3, -0.25) is 20.3 Å². The van der Waals surface area contributed by atoms with Crippen molar-refractivity contribution in [2.45, 2.75) is 23.7 Å². The standard InChI is InChI=1S/C12H20N4O8/c13-11(10(21)22,23-15-3-4-15)12(14-1-2-14,24-16-5-6-16)8(18)7(17)9(19)20/h7-8,17-18H,1-6,13H2,(H,19,20)(H,21,22)/t7-,8+,11-,12-/m0/s1. The number of aliphatic carboxylic acids is 2. The van der Waals surface area contributed by atoms with Crippen molar-refractivity contribution in [3.8, 4) is 0 Å². The predicted octanol–water partition coefficient (Wildman–Crippen LogP) is -3.96. The molecule has 3 rings (SSSR count). The number of carboxylic acid groups (broad SMARTS) is 2. The van der Waals surface area contributed by atoms with Gasteiger partial charge in [-0.1, -0.05) is 0 Å². The lowest BCUT2D eigenvalue weighted by Gasteiger charge is -2.47. The number of aliphatic hydroxyl groups is 2. The average Bonchev–Trinajstić information content (AvgIpc) is 3.36. The highest BCUT2D eigenvalue weighted by Gasteiger charge is 2.72. The van der Waals surface area contributed by atoms with Crippen LogP contribution in [0, 0.1) is 0 Å². The Balaban J connectivity index is 2.03. The molecule has 12 heteroatoms. The van der Waals surface area contributed by atoms with E-state index < -0.39 is 35.6 Å². The molecule has 0 unspecified atom stereocenters. The van der Waals surface area contributed by atoms with Gasteiger partial charge in [-0.15, -0.1) is 0 Å². The summed E-state index contributed by atoms with van der Waals surface area (Å²) in [5.41, 5.74) is 1.07. The summed E-state index contributed by atoms with van der Waals surface area (Å²) in [5, 5.41) is 41.7. The molecule has 0 amide bonds. The van der Waals surface area contributed by atoms with E-state index in [2.05, 4.69) is 0 Å². The van der Waals surface area contributed by atoms with E-state index in [9.17, 15) is 24.9 Å². The molecule has 0 bridgehead atoms. The molecule has 12 nitrogen and oxygen atoms in total. The van der Waals surface area contributed by atoms with Crippen LogP contribution in [0.1, 0.15) is 0 Å². The minimum Gasteiger partial charge on any atom is -0.479 e. The summed E-state index contributed by atoms with van der Waals surface area (Å²) in [6, 6.07) is 0. The van der Waals surface area contributed by atoms with E-state index in [1.807, 2.05) is 0 Å². The van der Waals surface area contributed by atoms with Crippen LogP contribution < -0.4 is 5.73 Å². The summed E-state index contributed by atoms with van der Waals surface area (Å²) < 4.78 is 0. The van der Waals surface area contributed by atoms with Crippen LogP contribution in [0.3, 0.4) is 0 Å². The fraction of sp³-hybridized carbons (Fsp3) is 0.833. The number of carboxylic acids is 2. The number of carbonyl (C=O) groups is 2. The molecule has 0 aliphatic carbocycles. The Morgan fingerprint density at radius 2 is 1.46 bits per heavy atom. The Morgan fingerprint density at radius 3 is 1.83 bits per heavy atom. The second-order valence-corrected chi connectivity index (χ2v) is 5.99. The first-order valence-corrected chi connectivity index (χ1v) is 7.47. The number of hydrogen-bond acceptors (Lipinski definition) is 10. The van der Waals surface area contributed by atoms with Crippen LogP contribution >= 0.6 is 0 Å². The molecule has 3 fully saturated rings. The minimum atomic E-state index is -2.63. The van der Waals surface area contributed by atoms with E-state index >= 15 is 0 Å². The van der Waals surface area contributed by atoms with E-state index in [1.165, 1.54) is 15.0 Å². The minimum absolute atomic E-state index is 0.298. The van der Waals surface area contributed by atoms with Crippen molar-refractivity contribution < 1.29 is 39.7 Å². The summed E-state index contributed by atoms with van der Waals surface area (Å²) in [6.45, 7) is 2.36. The van der Waals surface area contributed by atoms with Crippen molar-refractivity contribution in [1.82, 2.24) is 15.0 Å². The summed E-state index contributed by atoms with van der Waals surface area (Å²) in [4.78, 5) is 35.3. The predicted molar refractivity (Wildman–Crippen MR) is 73.8 cm³/mol. The number of rotatable bonds is 10. The molecular formula is C12H20N4O8. The number of nitrogens with two attached hydrogens (primary N) is 1. The van der Waals surface area contributed by atoms with Crippen LogP contribution in [0.25, 0.3) is 0 Å². The largest absolute Gasteiger partial charge is 0.479 e. The monoisotopic (exact) mass is 348 g/mol. The molecule has 0 aromatic heterocycles. The van der Waals surface area contributed by atoms with Gasteiger partial charge in [0, 0.05) is 39.3 Å². The molecule has 0 saturated carbocycles. The molecule has 0 aromatic carbocycles. The molecule has 3 saturated heterocycles. The lowest BCUT2D eigenvalue weighted by molar-refractivity contribution is -0.366. The molecule has 0 spiro atoms. The van der Waals surface area contributed by atoms with E-state index in [0.717, 1.165) is 0 Å². The Kier molecular flexibility index (Phi) is 4.26. The second-order valence-electron chi connectivity index (χ2n) is 5.99. The second kappa shape index (κ2) is 5.86. The maximum absolute atomic E-state index is 11.9. The Bertz CT molecular complexity index is 537. The topological polar surface area (TPSA) is 169 Å². The van der Waals surface area contributed by atoms with Crippen LogP contribution in [-0.4, -0.2) is 110 Å². The molecule has 6 N–H and O–H groups in total. The first-order valence-electron chi connectivity index (χ1n) is 7.47. The van der Waals surface area contributed by atoms with Gasteiger partial charge in [0.25, 0.3) is 5.72 Å². The Morgan fingerprint density at radius 1 is 0.958 bits per heavy atom. The quantitative estimate of drug-likeness (QED) is 0.192. The van der Waals surface area contributed by atoms with Gasteiger partial charge in [0.1, 0.15) is 6.10 Å². The molecule has 0 aromatic rings. The van der Waals surface area contributed by atoms with Crippen molar-refractivity contribution in [3.05, 3.63) is 0 Å². The lowest BCUT2D eigenvalue weighted by Crippen LogP contribution is -2.78. The third kappa shape index (κ3) is 2.87. The molecule has 3 aliphatic heterocycles. The molecule has 3 heterocycles. The maximum Gasteiger partial charge on any atom is 0.358 e. The Labute approximate surface area is 136 Å². The van der Waals surface area contributed by atoms with E-state index in [-0.39, 0.29) is 0 Å². The van der Waals surface area contributed by atoms with Crippen molar-refractivity contribution in [2.75, 3.05) is 39.3 Å². The summed E-state index contributed by atoms with van der Waals surface area (Å²) in [6.07, 6.45) is -4.48. The van der Waals surface area contributed by atoms with E-state index in [4.69, 9.17) is 20.5 Å². The molecule has 24 heavy (non-hydrogen) atoms. The van der Waals surface area contributed by atoms with E-state index in [1.54, 1.807) is 0 Å². The van der Waals surface area contributed by atoms with Gasteiger partial charge in [0.2, 0.25) is 5.72 Å². The van der Waals surface area contributed by atoms with Gasteiger partial charge >= 0.3 is 11.9 Å².